The Labute approximate surface area is 254 Å². The molecule has 0 amide bonds. The standard InChI is InChI=1S/C35H42F2N6/c1-8-10-34(41-25(6)28-16-17-30(36)31(37)20-28)35(42-29(21-38)22-40-7)19-26-12-14-27(15-13-26)32(9-2)43-33(23(3)4)18-11-24(5)39/h9-10,12-17,20,22,24-25,41H,3,7-8,11,18-19,39H2,1-2,4-6H3/b29-22-,32-9-,34-10+,42-35-,43-33?. The lowest BCUT2D eigenvalue weighted by Crippen LogP contribution is -2.25. The maximum Gasteiger partial charge on any atom is 0.159 e. The Bertz CT molecular complexity index is 1470. The van der Waals surface area contributed by atoms with E-state index in [9.17, 15) is 14.0 Å². The van der Waals surface area contributed by atoms with Gasteiger partial charge in [-0.1, -0.05) is 56.0 Å². The van der Waals surface area contributed by atoms with E-state index in [0.29, 0.717) is 29.8 Å². The first-order valence-corrected chi connectivity index (χ1v) is 14.3. The van der Waals surface area contributed by atoms with Gasteiger partial charge in [0, 0.05) is 24.2 Å². The predicted molar refractivity (Wildman–Crippen MR) is 176 cm³/mol. The Morgan fingerprint density at radius 2 is 1.79 bits per heavy atom. The predicted octanol–water partition coefficient (Wildman–Crippen LogP) is 8.16. The summed E-state index contributed by atoms with van der Waals surface area (Å²) in [6, 6.07) is 13.6. The number of rotatable bonds is 15. The summed E-state index contributed by atoms with van der Waals surface area (Å²) in [7, 11) is 0. The Morgan fingerprint density at radius 1 is 1.09 bits per heavy atom. The zero-order valence-corrected chi connectivity index (χ0v) is 25.8. The molecule has 2 atom stereocenters. The second-order valence-corrected chi connectivity index (χ2v) is 10.3. The zero-order valence-electron chi connectivity index (χ0n) is 25.8. The molecule has 2 unspecified atom stereocenters. The van der Waals surface area contributed by atoms with Gasteiger partial charge in [0.1, 0.15) is 6.07 Å². The molecular formula is C35H42F2N6. The molecular weight excluding hydrogens is 542 g/mol. The molecule has 6 nitrogen and oxygen atoms in total. The number of nitrogens with two attached hydrogens (primary N) is 1. The Morgan fingerprint density at radius 3 is 2.33 bits per heavy atom. The first kappa shape index (κ1) is 34.7. The molecule has 0 spiro atoms. The van der Waals surface area contributed by atoms with Gasteiger partial charge in [-0.3, -0.25) is 9.98 Å². The number of nitriles is 1. The summed E-state index contributed by atoms with van der Waals surface area (Å²) in [6.45, 7) is 17.2. The SMILES string of the molecule is C=N\C=C(C#N)/N=C(Cc1ccc(/C(=C/C)N=C(CCC(C)N)C(=C)C)cc1)\C(=C/CC)NC(C)c1ccc(F)c(F)c1. The lowest BCUT2D eigenvalue weighted by atomic mass is 10.0. The molecule has 0 aromatic heterocycles. The minimum Gasteiger partial charge on any atom is -0.377 e. The van der Waals surface area contributed by atoms with Gasteiger partial charge >= 0.3 is 0 Å². The molecule has 0 heterocycles. The molecule has 226 valence electrons. The van der Waals surface area contributed by atoms with Crippen LogP contribution in [0, 0.1) is 23.0 Å². The van der Waals surface area contributed by atoms with Gasteiger partial charge in [-0.15, -0.1) is 0 Å². The van der Waals surface area contributed by atoms with E-state index in [4.69, 9.17) is 10.7 Å². The minimum absolute atomic E-state index is 0.0772. The largest absolute Gasteiger partial charge is 0.377 e. The van der Waals surface area contributed by atoms with Crippen LogP contribution in [-0.4, -0.2) is 24.2 Å². The monoisotopic (exact) mass is 584 g/mol. The number of benzene rings is 2. The highest BCUT2D eigenvalue weighted by molar-refractivity contribution is 6.03. The third-order valence-electron chi connectivity index (χ3n) is 6.60. The Balaban J connectivity index is 2.44. The van der Waals surface area contributed by atoms with Gasteiger partial charge < -0.3 is 11.1 Å². The molecule has 8 heteroatoms. The number of nitrogens with zero attached hydrogens (tertiary/aromatic N) is 4. The molecule has 0 saturated heterocycles. The van der Waals surface area contributed by atoms with Crippen LogP contribution >= 0.6 is 0 Å². The van der Waals surface area contributed by atoms with E-state index in [1.165, 1.54) is 18.3 Å². The summed E-state index contributed by atoms with van der Waals surface area (Å²) in [5.74, 6) is -1.82. The first-order valence-electron chi connectivity index (χ1n) is 14.3. The van der Waals surface area contributed by atoms with Crippen LogP contribution in [0.2, 0.25) is 0 Å². The van der Waals surface area contributed by atoms with Crippen LogP contribution in [0.3, 0.4) is 0 Å². The fourth-order valence-electron chi connectivity index (χ4n) is 4.23. The van der Waals surface area contributed by atoms with Crippen molar-refractivity contribution in [1.29, 1.82) is 5.26 Å². The van der Waals surface area contributed by atoms with Crippen molar-refractivity contribution in [2.45, 2.75) is 72.4 Å². The van der Waals surface area contributed by atoms with E-state index in [2.05, 4.69) is 28.6 Å². The summed E-state index contributed by atoms with van der Waals surface area (Å²) in [5, 5.41) is 13.0. The molecule has 0 aliphatic carbocycles. The van der Waals surface area contributed by atoms with Gasteiger partial charge in [-0.2, -0.15) is 5.26 Å². The highest BCUT2D eigenvalue weighted by atomic mass is 19.2. The molecule has 2 aromatic carbocycles. The summed E-state index contributed by atoms with van der Waals surface area (Å²) < 4.78 is 27.5. The van der Waals surface area contributed by atoms with Crippen molar-refractivity contribution in [3.05, 3.63) is 113 Å². The second kappa shape index (κ2) is 17.5. The maximum atomic E-state index is 13.9. The number of hydrogen-bond donors (Lipinski definition) is 2. The van der Waals surface area contributed by atoms with E-state index in [-0.39, 0.29) is 17.8 Å². The number of aliphatic imine (C=N–C) groups is 3. The van der Waals surface area contributed by atoms with Crippen LogP contribution in [0.5, 0.6) is 0 Å². The van der Waals surface area contributed by atoms with Gasteiger partial charge in [-0.25, -0.2) is 13.8 Å². The maximum absolute atomic E-state index is 13.9. The van der Waals surface area contributed by atoms with Crippen molar-refractivity contribution in [1.82, 2.24) is 5.32 Å². The van der Waals surface area contributed by atoms with Crippen LogP contribution in [0.25, 0.3) is 5.70 Å². The fourth-order valence-corrected chi connectivity index (χ4v) is 4.23. The van der Waals surface area contributed by atoms with Crippen molar-refractivity contribution in [2.24, 2.45) is 20.7 Å². The van der Waals surface area contributed by atoms with Gasteiger partial charge in [-0.05, 0) is 88.1 Å². The van der Waals surface area contributed by atoms with Crippen LogP contribution in [0.15, 0.2) is 99.3 Å². The van der Waals surface area contributed by atoms with Crippen molar-refractivity contribution < 1.29 is 8.78 Å². The van der Waals surface area contributed by atoms with Crippen LogP contribution in [0.4, 0.5) is 8.78 Å². The minimum atomic E-state index is -0.915. The first-order chi connectivity index (χ1) is 20.5. The van der Waals surface area contributed by atoms with Crippen LogP contribution < -0.4 is 11.1 Å². The highest BCUT2D eigenvalue weighted by Gasteiger charge is 2.16. The topological polar surface area (TPSA) is 98.9 Å². The highest BCUT2D eigenvalue weighted by Crippen LogP contribution is 2.22. The van der Waals surface area contributed by atoms with Crippen molar-refractivity contribution in [2.75, 3.05) is 0 Å². The van der Waals surface area contributed by atoms with E-state index in [0.717, 1.165) is 47.0 Å². The van der Waals surface area contributed by atoms with Gasteiger partial charge in [0.25, 0.3) is 0 Å². The summed E-state index contributed by atoms with van der Waals surface area (Å²) in [5.41, 5.74) is 12.5. The number of hydrogen-bond acceptors (Lipinski definition) is 6. The molecule has 0 aliphatic heterocycles. The molecule has 2 rings (SSSR count). The summed E-state index contributed by atoms with van der Waals surface area (Å²) >= 11 is 0. The Kier molecular flexibility index (Phi) is 14.1. The quantitative estimate of drug-likeness (QED) is 0.163. The zero-order chi connectivity index (χ0) is 31.9. The Hall–Kier alpha value is -4.48. The molecule has 0 saturated carbocycles. The molecule has 0 aliphatic rings. The van der Waals surface area contributed by atoms with Crippen molar-refractivity contribution >= 4 is 23.8 Å². The van der Waals surface area contributed by atoms with E-state index < -0.39 is 11.6 Å². The number of allylic oxidation sites excluding steroid dienone is 5. The lowest BCUT2D eigenvalue weighted by molar-refractivity contribution is 0.504. The van der Waals surface area contributed by atoms with Crippen LogP contribution in [0.1, 0.15) is 76.6 Å². The van der Waals surface area contributed by atoms with E-state index >= 15 is 0 Å². The summed E-state index contributed by atoms with van der Waals surface area (Å²) in [4.78, 5) is 13.2. The molecule has 3 N–H and O–H groups in total. The van der Waals surface area contributed by atoms with E-state index in [1.54, 1.807) is 0 Å². The average molecular weight is 585 g/mol. The van der Waals surface area contributed by atoms with E-state index in [1.807, 2.05) is 77.1 Å². The third-order valence-corrected chi connectivity index (χ3v) is 6.60. The normalized spacial score (nSPS) is 14.6. The summed E-state index contributed by atoms with van der Waals surface area (Å²) in [6.07, 6.45) is 7.85. The third kappa shape index (κ3) is 11.0. The average Bonchev–Trinajstić information content (AvgIpc) is 2.97. The molecule has 43 heavy (non-hydrogen) atoms. The molecule has 2 aromatic rings. The molecule has 0 fully saturated rings. The van der Waals surface area contributed by atoms with Crippen LogP contribution in [-0.2, 0) is 6.42 Å². The van der Waals surface area contributed by atoms with Gasteiger partial charge in [0.2, 0.25) is 0 Å². The van der Waals surface area contributed by atoms with Crippen molar-refractivity contribution in [3.63, 3.8) is 0 Å². The second-order valence-electron chi connectivity index (χ2n) is 10.3. The molecule has 0 bridgehead atoms. The smallest absolute Gasteiger partial charge is 0.159 e. The van der Waals surface area contributed by atoms with Gasteiger partial charge in [0.15, 0.2) is 17.3 Å². The van der Waals surface area contributed by atoms with Gasteiger partial charge in [0.05, 0.1) is 23.3 Å². The fraction of sp³-hybridized carbons (Fsp3) is 0.314. The van der Waals surface area contributed by atoms with Crippen molar-refractivity contribution in [3.8, 4) is 6.07 Å². The lowest BCUT2D eigenvalue weighted by Gasteiger charge is -2.20. The number of nitrogens with one attached hydrogen (secondary N) is 1. The molecule has 0 radical (unpaired) electrons. The number of halogens is 2.